The number of hydrogen-bond donors (Lipinski definition) is 0. The second-order valence-electron chi connectivity index (χ2n) is 10.2. The molecule has 1 spiro atoms. The summed E-state index contributed by atoms with van der Waals surface area (Å²) >= 11 is 0. The maximum atomic E-state index is 12.2. The van der Waals surface area contributed by atoms with Gasteiger partial charge in [0.15, 0.2) is 0 Å². The maximum Gasteiger partial charge on any atom is 0.133 e. The number of ketones is 1. The summed E-state index contributed by atoms with van der Waals surface area (Å²) in [6.45, 7) is 7.01. The first-order valence-electron chi connectivity index (χ1n) is 9.93. The highest BCUT2D eigenvalue weighted by atomic mass is 16.1. The van der Waals surface area contributed by atoms with E-state index in [-0.39, 0.29) is 0 Å². The van der Waals surface area contributed by atoms with Crippen molar-refractivity contribution in [3.8, 4) is 0 Å². The van der Waals surface area contributed by atoms with Gasteiger partial charge in [-0.15, -0.1) is 0 Å². The highest BCUT2D eigenvalue weighted by molar-refractivity contribution is 5.79. The first-order chi connectivity index (χ1) is 10.4. The van der Waals surface area contributed by atoms with E-state index in [1.54, 1.807) is 6.42 Å². The first kappa shape index (κ1) is 14.1. The van der Waals surface area contributed by atoms with Crippen molar-refractivity contribution in [2.45, 2.75) is 78.6 Å². The second-order valence-corrected chi connectivity index (χ2v) is 10.2. The smallest absolute Gasteiger partial charge is 0.133 e. The van der Waals surface area contributed by atoms with Gasteiger partial charge in [-0.1, -0.05) is 13.8 Å². The van der Waals surface area contributed by atoms with E-state index < -0.39 is 0 Å². The number of rotatable bonds is 1. The summed E-state index contributed by atoms with van der Waals surface area (Å²) in [4.78, 5) is 12.2. The number of Topliss-reactive ketones (excluding diaryl/α,β-unsaturated/α-hetero) is 1. The fraction of sp³-hybridized carbons (Fsp3) is 0.952. The highest BCUT2D eigenvalue weighted by Gasteiger charge is 2.73. The van der Waals surface area contributed by atoms with Crippen LogP contribution in [-0.4, -0.2) is 5.78 Å². The summed E-state index contributed by atoms with van der Waals surface area (Å²) in [7, 11) is 0. The van der Waals surface area contributed by atoms with E-state index in [0.29, 0.717) is 22.5 Å². The third kappa shape index (κ3) is 1.37. The van der Waals surface area contributed by atoms with Crippen molar-refractivity contribution in [2.24, 2.45) is 45.8 Å². The summed E-state index contributed by atoms with van der Waals surface area (Å²) in [6, 6.07) is 0. The molecule has 5 fully saturated rings. The SMILES string of the molecule is CC(=O)[C@@H]1CC[C@@H]2[C@@H]3CC[C@]45C[C@H]4CC[C@]5(C)[C@@H]3CC[C@@]21C. The molecule has 1 heteroatoms. The van der Waals surface area contributed by atoms with E-state index in [1.807, 2.05) is 6.92 Å². The molecule has 5 aliphatic carbocycles. The molecular weight excluding hydrogens is 268 g/mol. The lowest BCUT2D eigenvalue weighted by molar-refractivity contribution is -0.131. The summed E-state index contributed by atoms with van der Waals surface area (Å²) < 4.78 is 0. The monoisotopic (exact) mass is 300 g/mol. The topological polar surface area (TPSA) is 17.1 Å². The van der Waals surface area contributed by atoms with E-state index >= 15 is 0 Å². The van der Waals surface area contributed by atoms with Crippen molar-refractivity contribution in [3.05, 3.63) is 0 Å². The Balaban J connectivity index is 1.49. The lowest BCUT2D eigenvalue weighted by atomic mass is 9.46. The molecule has 8 atom stereocenters. The van der Waals surface area contributed by atoms with E-state index in [0.717, 1.165) is 29.1 Å². The fourth-order valence-corrected chi connectivity index (χ4v) is 8.90. The largest absolute Gasteiger partial charge is 0.300 e. The van der Waals surface area contributed by atoms with Crippen molar-refractivity contribution in [1.82, 2.24) is 0 Å². The van der Waals surface area contributed by atoms with Crippen LogP contribution < -0.4 is 0 Å². The average Bonchev–Trinajstić information content (AvgIpc) is 2.94. The van der Waals surface area contributed by atoms with Gasteiger partial charge >= 0.3 is 0 Å². The fourth-order valence-electron chi connectivity index (χ4n) is 8.90. The van der Waals surface area contributed by atoms with E-state index in [9.17, 15) is 4.79 Å². The molecule has 0 bridgehead atoms. The number of hydrogen-bond acceptors (Lipinski definition) is 1. The van der Waals surface area contributed by atoms with Crippen molar-refractivity contribution in [2.75, 3.05) is 0 Å². The molecule has 5 aliphatic rings. The van der Waals surface area contributed by atoms with Crippen LogP contribution in [0.3, 0.4) is 0 Å². The Morgan fingerprint density at radius 1 is 0.909 bits per heavy atom. The summed E-state index contributed by atoms with van der Waals surface area (Å²) in [5, 5.41) is 0. The quantitative estimate of drug-likeness (QED) is 0.647. The molecule has 22 heavy (non-hydrogen) atoms. The zero-order chi connectivity index (χ0) is 15.3. The van der Waals surface area contributed by atoms with Crippen molar-refractivity contribution < 1.29 is 4.79 Å². The second kappa shape index (κ2) is 4.01. The minimum atomic E-state index is 0.343. The van der Waals surface area contributed by atoms with Crippen molar-refractivity contribution in [1.29, 1.82) is 0 Å². The number of carbonyl (C=O) groups excluding carboxylic acids is 1. The molecule has 5 rings (SSSR count). The van der Waals surface area contributed by atoms with Crippen LogP contribution in [0.2, 0.25) is 0 Å². The van der Waals surface area contributed by atoms with E-state index in [4.69, 9.17) is 0 Å². The Bertz CT molecular complexity index is 538. The molecule has 0 aromatic heterocycles. The van der Waals surface area contributed by atoms with Crippen LogP contribution in [0.4, 0.5) is 0 Å². The Hall–Kier alpha value is -0.330. The standard InChI is InChI=1S/C21H32O/c1-13(22)16-4-5-17-15-7-11-21-12-14(21)6-10-20(21,3)18(15)8-9-19(16,17)2/h14-18H,4-12H2,1-3H3/t14-,15+,16+,17-,18-,19-,20-,21+/m1/s1. The van der Waals surface area contributed by atoms with Gasteiger partial charge in [-0.05, 0) is 105 Å². The molecule has 0 saturated heterocycles. The molecular formula is C21H32O. The highest BCUT2D eigenvalue weighted by Crippen LogP contribution is 2.81. The molecule has 0 heterocycles. The van der Waals surface area contributed by atoms with Crippen LogP contribution in [0, 0.1) is 45.8 Å². The number of carbonyl (C=O) groups is 1. The number of fused-ring (bicyclic) bond motifs is 4. The van der Waals surface area contributed by atoms with Gasteiger partial charge in [0.05, 0.1) is 0 Å². The van der Waals surface area contributed by atoms with Crippen LogP contribution in [0.5, 0.6) is 0 Å². The molecule has 122 valence electrons. The summed E-state index contributed by atoms with van der Waals surface area (Å²) in [5.74, 6) is 4.73. The Kier molecular flexibility index (Phi) is 2.56. The van der Waals surface area contributed by atoms with Crippen molar-refractivity contribution >= 4 is 5.78 Å². The maximum absolute atomic E-state index is 12.2. The van der Waals surface area contributed by atoms with Gasteiger partial charge in [0.1, 0.15) is 5.78 Å². The van der Waals surface area contributed by atoms with Crippen LogP contribution in [-0.2, 0) is 4.79 Å². The minimum absolute atomic E-state index is 0.343. The first-order valence-corrected chi connectivity index (χ1v) is 9.93. The Morgan fingerprint density at radius 2 is 1.73 bits per heavy atom. The van der Waals surface area contributed by atoms with Gasteiger partial charge in [-0.2, -0.15) is 0 Å². The third-order valence-corrected chi connectivity index (χ3v) is 10.1. The van der Waals surface area contributed by atoms with Gasteiger partial charge < -0.3 is 0 Å². The molecule has 1 nitrogen and oxygen atoms in total. The zero-order valence-electron chi connectivity index (χ0n) is 14.7. The third-order valence-electron chi connectivity index (χ3n) is 10.1. The molecule has 0 amide bonds. The molecule has 0 aliphatic heterocycles. The van der Waals surface area contributed by atoms with Gasteiger partial charge in [0, 0.05) is 5.92 Å². The van der Waals surface area contributed by atoms with Gasteiger partial charge in [-0.3, -0.25) is 4.79 Å². The van der Waals surface area contributed by atoms with Crippen LogP contribution in [0.15, 0.2) is 0 Å². The van der Waals surface area contributed by atoms with Gasteiger partial charge in [0.25, 0.3) is 0 Å². The van der Waals surface area contributed by atoms with Gasteiger partial charge in [0.2, 0.25) is 0 Å². The molecule has 0 N–H and O–H groups in total. The lowest BCUT2D eigenvalue weighted by Crippen LogP contribution is -2.52. The molecule has 0 aromatic rings. The molecule has 0 aromatic carbocycles. The molecule has 5 saturated carbocycles. The van der Waals surface area contributed by atoms with E-state index in [1.165, 1.54) is 51.4 Å². The summed E-state index contributed by atoms with van der Waals surface area (Å²) in [6.07, 6.45) is 12.9. The lowest BCUT2D eigenvalue weighted by Gasteiger charge is -2.58. The van der Waals surface area contributed by atoms with Gasteiger partial charge in [-0.25, -0.2) is 0 Å². The predicted octanol–water partition coefficient (Wildman–Crippen LogP) is 5.23. The molecule has 0 unspecified atom stereocenters. The van der Waals surface area contributed by atoms with Crippen LogP contribution >= 0.6 is 0 Å². The van der Waals surface area contributed by atoms with Crippen molar-refractivity contribution in [3.63, 3.8) is 0 Å². The zero-order valence-corrected chi connectivity index (χ0v) is 14.7. The Labute approximate surface area is 135 Å². The summed E-state index contributed by atoms with van der Waals surface area (Å²) in [5.41, 5.74) is 1.78. The average molecular weight is 300 g/mol. The van der Waals surface area contributed by atoms with E-state index in [2.05, 4.69) is 13.8 Å². The normalized spacial score (nSPS) is 61.9. The van der Waals surface area contributed by atoms with Crippen LogP contribution in [0.1, 0.15) is 78.6 Å². The molecule has 0 radical (unpaired) electrons. The predicted molar refractivity (Wildman–Crippen MR) is 88.3 cm³/mol. The minimum Gasteiger partial charge on any atom is -0.300 e. The van der Waals surface area contributed by atoms with Crippen LogP contribution in [0.25, 0.3) is 0 Å². The Morgan fingerprint density at radius 3 is 2.45 bits per heavy atom.